The molecule has 2 aromatic rings. The van der Waals surface area contributed by atoms with E-state index in [9.17, 15) is 13.2 Å². The Morgan fingerprint density at radius 1 is 1.42 bits per heavy atom. The molecule has 3 rings (SSSR count). The lowest BCUT2D eigenvalue weighted by Gasteiger charge is -2.26. The molecule has 0 aliphatic carbocycles. The van der Waals surface area contributed by atoms with Gasteiger partial charge in [-0.1, -0.05) is 11.6 Å². The summed E-state index contributed by atoms with van der Waals surface area (Å²) >= 11 is 6.17. The van der Waals surface area contributed by atoms with Crippen LogP contribution in [0.4, 0.5) is 0 Å². The van der Waals surface area contributed by atoms with Crippen molar-refractivity contribution in [3.63, 3.8) is 0 Å². The summed E-state index contributed by atoms with van der Waals surface area (Å²) in [5.41, 5.74) is 0.907. The van der Waals surface area contributed by atoms with E-state index in [1.807, 2.05) is 0 Å². The monoisotopic (exact) mass is 372 g/mol. The average molecular weight is 373 g/mol. The van der Waals surface area contributed by atoms with Crippen LogP contribution < -0.4 is 0 Å². The summed E-state index contributed by atoms with van der Waals surface area (Å²) in [6, 6.07) is 3.04. The molecule has 0 spiro atoms. The minimum atomic E-state index is -3.83. The molecule has 0 atom stereocenters. The van der Waals surface area contributed by atoms with Gasteiger partial charge in [-0.2, -0.15) is 9.40 Å². The summed E-state index contributed by atoms with van der Waals surface area (Å²) in [5, 5.41) is 4.11. The average Bonchev–Trinajstić information content (AvgIpc) is 3.12. The fourth-order valence-corrected chi connectivity index (χ4v) is 4.59. The van der Waals surface area contributed by atoms with E-state index in [0.29, 0.717) is 6.54 Å². The molecule has 130 valence electrons. The normalized spacial score (nSPS) is 15.3. The van der Waals surface area contributed by atoms with Crippen LogP contribution in [0.25, 0.3) is 0 Å². The number of nitrogens with zero attached hydrogens (tertiary/aromatic N) is 4. The summed E-state index contributed by atoms with van der Waals surface area (Å²) in [4.78, 5) is 11.8. The van der Waals surface area contributed by atoms with Crippen molar-refractivity contribution in [2.75, 3.05) is 13.2 Å². The minimum absolute atomic E-state index is 0.0165. The lowest BCUT2D eigenvalue weighted by atomic mass is 10.3. The number of carbonyl (C=O) groups excluding carboxylic acids is 1. The highest BCUT2D eigenvalue weighted by Gasteiger charge is 2.33. The Kier molecular flexibility index (Phi) is 4.41. The van der Waals surface area contributed by atoms with Crippen LogP contribution in [0.5, 0.6) is 0 Å². The fourth-order valence-electron chi connectivity index (χ4n) is 2.64. The summed E-state index contributed by atoms with van der Waals surface area (Å²) < 4.78 is 35.2. The van der Waals surface area contributed by atoms with Gasteiger partial charge in [0, 0.05) is 19.8 Å². The smallest absolute Gasteiger partial charge is 0.355 e. The highest BCUT2D eigenvalue weighted by molar-refractivity contribution is 7.89. The second-order valence-corrected chi connectivity index (χ2v) is 7.61. The Morgan fingerprint density at radius 3 is 2.88 bits per heavy atom. The molecule has 0 fully saturated rings. The van der Waals surface area contributed by atoms with Crippen LogP contribution in [0.15, 0.2) is 23.2 Å². The van der Waals surface area contributed by atoms with Crippen molar-refractivity contribution in [1.29, 1.82) is 0 Å². The molecule has 3 heterocycles. The Bertz CT molecular complexity index is 887. The van der Waals surface area contributed by atoms with Crippen molar-refractivity contribution in [3.05, 3.63) is 34.9 Å². The first-order valence-electron chi connectivity index (χ1n) is 7.39. The summed E-state index contributed by atoms with van der Waals surface area (Å²) in [6.07, 6.45) is 1.64. The largest absolute Gasteiger partial charge is 0.461 e. The van der Waals surface area contributed by atoms with Crippen LogP contribution in [-0.4, -0.2) is 46.2 Å². The number of halogens is 1. The van der Waals surface area contributed by atoms with Gasteiger partial charge in [0.05, 0.1) is 25.4 Å². The first-order chi connectivity index (χ1) is 11.4. The van der Waals surface area contributed by atoms with E-state index in [2.05, 4.69) is 5.10 Å². The molecule has 0 bridgehead atoms. The molecule has 0 radical (unpaired) electrons. The van der Waals surface area contributed by atoms with Crippen molar-refractivity contribution in [3.8, 4) is 0 Å². The van der Waals surface area contributed by atoms with Gasteiger partial charge in [0.2, 0.25) is 10.0 Å². The van der Waals surface area contributed by atoms with Crippen LogP contribution in [0, 0.1) is 0 Å². The van der Waals surface area contributed by atoms with E-state index in [1.54, 1.807) is 23.9 Å². The Hall–Kier alpha value is -1.84. The molecular formula is C14H17ClN4O4S. The third-order valence-corrected chi connectivity index (χ3v) is 6.36. The van der Waals surface area contributed by atoms with Crippen molar-refractivity contribution in [1.82, 2.24) is 18.7 Å². The number of hydrogen-bond donors (Lipinski definition) is 0. The van der Waals surface area contributed by atoms with E-state index < -0.39 is 16.0 Å². The SMILES string of the molecule is CCOC(=O)c1cc(S(=O)(=O)N2CCn3nccc3C2)c(Cl)n1C. The predicted molar refractivity (Wildman–Crippen MR) is 86.2 cm³/mol. The maximum atomic E-state index is 12.9. The molecular weight excluding hydrogens is 356 g/mol. The number of carbonyl (C=O) groups is 1. The van der Waals surface area contributed by atoms with Crippen molar-refractivity contribution in [2.45, 2.75) is 24.9 Å². The molecule has 0 N–H and O–H groups in total. The van der Waals surface area contributed by atoms with Gasteiger partial charge in [-0.25, -0.2) is 13.2 Å². The molecule has 1 aliphatic heterocycles. The number of rotatable bonds is 4. The number of aromatic nitrogens is 3. The van der Waals surface area contributed by atoms with Crippen LogP contribution in [0.1, 0.15) is 23.1 Å². The molecule has 10 heteroatoms. The molecule has 0 saturated heterocycles. The van der Waals surface area contributed by atoms with E-state index in [4.69, 9.17) is 16.3 Å². The molecule has 1 aliphatic rings. The summed E-state index contributed by atoms with van der Waals surface area (Å²) in [5.74, 6) is -0.611. The molecule has 0 aromatic carbocycles. The van der Waals surface area contributed by atoms with Crippen LogP contribution >= 0.6 is 11.6 Å². The second-order valence-electron chi connectivity index (χ2n) is 5.35. The maximum Gasteiger partial charge on any atom is 0.355 e. The lowest BCUT2D eigenvalue weighted by Crippen LogP contribution is -2.38. The van der Waals surface area contributed by atoms with Gasteiger partial charge in [-0.15, -0.1) is 0 Å². The van der Waals surface area contributed by atoms with Gasteiger partial charge >= 0.3 is 5.97 Å². The summed E-state index contributed by atoms with van der Waals surface area (Å²) in [6.45, 7) is 2.84. The zero-order valence-corrected chi connectivity index (χ0v) is 14.8. The number of fused-ring (bicyclic) bond motifs is 1. The third-order valence-electron chi connectivity index (χ3n) is 3.93. The molecule has 8 nitrogen and oxygen atoms in total. The fraction of sp³-hybridized carbons (Fsp3) is 0.429. The van der Waals surface area contributed by atoms with Gasteiger partial charge in [0.15, 0.2) is 0 Å². The quantitative estimate of drug-likeness (QED) is 0.754. The number of sulfonamides is 1. The summed E-state index contributed by atoms with van der Waals surface area (Å²) in [7, 11) is -2.31. The molecule has 0 saturated carbocycles. The van der Waals surface area contributed by atoms with Gasteiger partial charge in [0.25, 0.3) is 0 Å². The first-order valence-corrected chi connectivity index (χ1v) is 9.21. The number of esters is 1. The first kappa shape index (κ1) is 17.0. The molecule has 0 unspecified atom stereocenters. The highest BCUT2D eigenvalue weighted by atomic mass is 35.5. The van der Waals surface area contributed by atoms with Crippen LogP contribution in [0.3, 0.4) is 0 Å². The van der Waals surface area contributed by atoms with E-state index in [0.717, 1.165) is 5.69 Å². The van der Waals surface area contributed by atoms with Crippen LogP contribution in [-0.2, 0) is 34.9 Å². The topological polar surface area (TPSA) is 86.4 Å². The van der Waals surface area contributed by atoms with Gasteiger partial charge in [-0.05, 0) is 19.1 Å². The molecule has 0 amide bonds. The van der Waals surface area contributed by atoms with E-state index >= 15 is 0 Å². The lowest BCUT2D eigenvalue weighted by molar-refractivity contribution is 0.0515. The molecule has 2 aromatic heterocycles. The van der Waals surface area contributed by atoms with Crippen molar-refractivity contribution in [2.24, 2.45) is 7.05 Å². The van der Waals surface area contributed by atoms with E-state index in [1.165, 1.54) is 22.0 Å². The van der Waals surface area contributed by atoms with Crippen molar-refractivity contribution >= 4 is 27.6 Å². The van der Waals surface area contributed by atoms with Gasteiger partial charge in [-0.3, -0.25) is 4.68 Å². The van der Waals surface area contributed by atoms with Gasteiger partial charge < -0.3 is 9.30 Å². The number of hydrogen-bond acceptors (Lipinski definition) is 5. The zero-order chi connectivity index (χ0) is 17.5. The Balaban J connectivity index is 1.96. The minimum Gasteiger partial charge on any atom is -0.461 e. The van der Waals surface area contributed by atoms with E-state index in [-0.39, 0.29) is 35.4 Å². The van der Waals surface area contributed by atoms with Crippen LogP contribution in [0.2, 0.25) is 5.15 Å². The molecule has 24 heavy (non-hydrogen) atoms. The third kappa shape index (κ3) is 2.72. The maximum absolute atomic E-state index is 12.9. The zero-order valence-electron chi connectivity index (χ0n) is 13.3. The second kappa shape index (κ2) is 6.23. The highest BCUT2D eigenvalue weighted by Crippen LogP contribution is 2.30. The number of ether oxygens (including phenoxy) is 1. The standard InChI is InChI=1S/C14H17ClN4O4S/c1-3-23-14(20)11-8-12(13(15)17(11)2)24(21,22)18-6-7-19-10(9-18)4-5-16-19/h4-5,8H,3,6-7,9H2,1-2H3. The van der Waals surface area contributed by atoms with Crippen molar-refractivity contribution < 1.29 is 17.9 Å². The Morgan fingerprint density at radius 2 is 2.17 bits per heavy atom. The Labute approximate surface area is 144 Å². The van der Waals surface area contributed by atoms with Gasteiger partial charge in [0.1, 0.15) is 15.7 Å². The predicted octanol–water partition coefficient (Wildman–Crippen LogP) is 1.26.